The minimum atomic E-state index is -0.973. The molecule has 25 heavy (non-hydrogen) atoms. The summed E-state index contributed by atoms with van der Waals surface area (Å²) in [6.45, 7) is 1.64. The third-order valence-electron chi connectivity index (χ3n) is 4.45. The standard InChI is InChI=1S/C19H18BrFN2O2/c1-19(10-9-13-5-3-2-4-6-13)17(24)23(18(25)22-19)12-14-7-8-15(20)11-16(14)21/h2-8,11H,9-10,12H2,1H3,(H,22,25). The quantitative estimate of drug-likeness (QED) is 0.764. The van der Waals surface area contributed by atoms with Gasteiger partial charge in [0, 0.05) is 10.0 Å². The molecule has 0 radical (unpaired) electrons. The lowest BCUT2D eigenvalue weighted by atomic mass is 9.93. The molecular weight excluding hydrogens is 387 g/mol. The summed E-state index contributed by atoms with van der Waals surface area (Å²) in [5.74, 6) is -0.774. The van der Waals surface area contributed by atoms with Crippen LogP contribution < -0.4 is 5.32 Å². The number of hydrogen-bond acceptors (Lipinski definition) is 2. The van der Waals surface area contributed by atoms with Crippen LogP contribution in [0.5, 0.6) is 0 Å². The van der Waals surface area contributed by atoms with Crippen LogP contribution in [0.4, 0.5) is 9.18 Å². The van der Waals surface area contributed by atoms with Crippen molar-refractivity contribution < 1.29 is 14.0 Å². The van der Waals surface area contributed by atoms with E-state index in [2.05, 4.69) is 21.2 Å². The van der Waals surface area contributed by atoms with Crippen molar-refractivity contribution in [2.75, 3.05) is 0 Å². The summed E-state index contributed by atoms with van der Waals surface area (Å²) in [4.78, 5) is 26.1. The maximum absolute atomic E-state index is 14.0. The summed E-state index contributed by atoms with van der Waals surface area (Å²) in [5, 5.41) is 2.76. The number of rotatable bonds is 5. The Bertz CT molecular complexity index is 812. The molecule has 1 aliphatic rings. The van der Waals surface area contributed by atoms with Gasteiger partial charge in [-0.25, -0.2) is 9.18 Å². The average Bonchev–Trinajstić information content (AvgIpc) is 2.80. The number of imide groups is 1. The first-order valence-electron chi connectivity index (χ1n) is 8.01. The molecule has 0 saturated carbocycles. The molecule has 0 aliphatic carbocycles. The number of carbonyl (C=O) groups excluding carboxylic acids is 2. The zero-order valence-electron chi connectivity index (χ0n) is 13.8. The van der Waals surface area contributed by atoms with E-state index >= 15 is 0 Å². The molecule has 4 nitrogen and oxygen atoms in total. The summed E-state index contributed by atoms with van der Waals surface area (Å²) in [7, 11) is 0. The van der Waals surface area contributed by atoms with E-state index in [-0.39, 0.29) is 12.5 Å². The first-order valence-corrected chi connectivity index (χ1v) is 8.80. The van der Waals surface area contributed by atoms with Crippen LogP contribution in [0.2, 0.25) is 0 Å². The number of benzene rings is 2. The van der Waals surface area contributed by atoms with E-state index in [9.17, 15) is 14.0 Å². The fourth-order valence-corrected chi connectivity index (χ4v) is 3.25. The van der Waals surface area contributed by atoms with Crippen LogP contribution in [0.1, 0.15) is 24.5 Å². The molecule has 130 valence electrons. The van der Waals surface area contributed by atoms with E-state index in [0.29, 0.717) is 22.9 Å². The molecule has 1 heterocycles. The summed E-state index contributed by atoms with van der Waals surface area (Å²) in [5.41, 5.74) is 0.431. The lowest BCUT2D eigenvalue weighted by Gasteiger charge is -2.21. The van der Waals surface area contributed by atoms with Gasteiger partial charge in [0.15, 0.2) is 0 Å². The van der Waals surface area contributed by atoms with E-state index < -0.39 is 17.4 Å². The minimum Gasteiger partial charge on any atom is -0.323 e. The number of nitrogens with zero attached hydrogens (tertiary/aromatic N) is 1. The lowest BCUT2D eigenvalue weighted by molar-refractivity contribution is -0.131. The number of carbonyl (C=O) groups is 2. The number of urea groups is 1. The number of aryl methyl sites for hydroxylation is 1. The van der Waals surface area contributed by atoms with Gasteiger partial charge in [0.2, 0.25) is 0 Å². The molecule has 2 aromatic rings. The molecule has 1 aliphatic heterocycles. The Labute approximate surface area is 154 Å². The van der Waals surface area contributed by atoms with Gasteiger partial charge in [0.1, 0.15) is 11.4 Å². The first kappa shape index (κ1) is 17.6. The van der Waals surface area contributed by atoms with Gasteiger partial charge in [-0.1, -0.05) is 52.3 Å². The second kappa shape index (κ2) is 6.96. The molecule has 1 fully saturated rings. The van der Waals surface area contributed by atoms with Crippen LogP contribution in [-0.4, -0.2) is 22.4 Å². The molecular formula is C19H18BrFN2O2. The van der Waals surface area contributed by atoms with Crippen molar-refractivity contribution in [3.63, 3.8) is 0 Å². The largest absolute Gasteiger partial charge is 0.325 e. The van der Waals surface area contributed by atoms with Crippen LogP contribution in [0.15, 0.2) is 53.0 Å². The normalized spacial score (nSPS) is 20.0. The Kier molecular flexibility index (Phi) is 4.90. The highest BCUT2D eigenvalue weighted by Gasteiger charge is 2.47. The monoisotopic (exact) mass is 404 g/mol. The molecule has 1 N–H and O–H groups in total. The smallest absolute Gasteiger partial charge is 0.323 e. The molecule has 1 atom stereocenters. The molecule has 2 aromatic carbocycles. The molecule has 1 unspecified atom stereocenters. The fourth-order valence-electron chi connectivity index (χ4n) is 2.92. The molecule has 6 heteroatoms. The van der Waals surface area contributed by atoms with Crippen molar-refractivity contribution in [2.45, 2.75) is 31.8 Å². The second-order valence-corrected chi connectivity index (χ2v) is 7.29. The summed E-state index contributed by atoms with van der Waals surface area (Å²) in [6, 6.07) is 13.9. The summed E-state index contributed by atoms with van der Waals surface area (Å²) < 4.78 is 14.6. The second-order valence-electron chi connectivity index (χ2n) is 6.37. The Morgan fingerprint density at radius 3 is 2.56 bits per heavy atom. The van der Waals surface area contributed by atoms with Gasteiger partial charge < -0.3 is 5.32 Å². The highest BCUT2D eigenvalue weighted by Crippen LogP contribution is 2.26. The first-order chi connectivity index (χ1) is 11.9. The number of hydrogen-bond donors (Lipinski definition) is 1. The van der Waals surface area contributed by atoms with Gasteiger partial charge in [-0.2, -0.15) is 0 Å². The van der Waals surface area contributed by atoms with Gasteiger partial charge in [-0.05, 0) is 37.5 Å². The van der Waals surface area contributed by atoms with Crippen LogP contribution in [-0.2, 0) is 17.8 Å². The van der Waals surface area contributed by atoms with Crippen LogP contribution in [0.25, 0.3) is 0 Å². The number of nitrogens with one attached hydrogen (secondary N) is 1. The number of amides is 3. The van der Waals surface area contributed by atoms with Gasteiger partial charge in [0.25, 0.3) is 5.91 Å². The molecule has 0 spiro atoms. The predicted octanol–water partition coefficient (Wildman–Crippen LogP) is 4.03. The Balaban J connectivity index is 1.72. The Hall–Kier alpha value is -2.21. The van der Waals surface area contributed by atoms with Crippen molar-refractivity contribution in [2.24, 2.45) is 0 Å². The van der Waals surface area contributed by atoms with Crippen LogP contribution in [0, 0.1) is 5.82 Å². The van der Waals surface area contributed by atoms with Crippen molar-refractivity contribution in [3.05, 3.63) is 69.9 Å². The Morgan fingerprint density at radius 2 is 1.88 bits per heavy atom. The van der Waals surface area contributed by atoms with Crippen molar-refractivity contribution in [1.82, 2.24) is 10.2 Å². The molecule has 0 aromatic heterocycles. The van der Waals surface area contributed by atoms with Crippen LogP contribution >= 0.6 is 15.9 Å². The molecule has 1 saturated heterocycles. The maximum atomic E-state index is 14.0. The highest BCUT2D eigenvalue weighted by molar-refractivity contribution is 9.10. The van der Waals surface area contributed by atoms with E-state index in [1.165, 1.54) is 6.07 Å². The SMILES string of the molecule is CC1(CCc2ccccc2)NC(=O)N(Cc2ccc(Br)cc2F)C1=O. The van der Waals surface area contributed by atoms with Gasteiger partial charge in [-0.3, -0.25) is 9.69 Å². The summed E-state index contributed by atoms with van der Waals surface area (Å²) >= 11 is 3.19. The van der Waals surface area contributed by atoms with Gasteiger partial charge in [0.05, 0.1) is 6.54 Å². The Morgan fingerprint density at radius 1 is 1.16 bits per heavy atom. The predicted molar refractivity (Wildman–Crippen MR) is 96.3 cm³/mol. The minimum absolute atomic E-state index is 0.0787. The molecule has 0 bridgehead atoms. The van der Waals surface area contributed by atoms with Crippen molar-refractivity contribution in [1.29, 1.82) is 0 Å². The maximum Gasteiger partial charge on any atom is 0.325 e. The third-order valence-corrected chi connectivity index (χ3v) is 4.94. The van der Waals surface area contributed by atoms with Gasteiger partial charge in [-0.15, -0.1) is 0 Å². The van der Waals surface area contributed by atoms with Crippen molar-refractivity contribution >= 4 is 27.9 Å². The fraction of sp³-hybridized carbons (Fsp3) is 0.263. The van der Waals surface area contributed by atoms with E-state index in [1.807, 2.05) is 30.3 Å². The summed E-state index contributed by atoms with van der Waals surface area (Å²) in [6.07, 6.45) is 1.16. The average molecular weight is 405 g/mol. The van der Waals surface area contributed by atoms with Gasteiger partial charge >= 0.3 is 6.03 Å². The highest BCUT2D eigenvalue weighted by atomic mass is 79.9. The van der Waals surface area contributed by atoms with Crippen molar-refractivity contribution in [3.8, 4) is 0 Å². The van der Waals surface area contributed by atoms with Crippen LogP contribution in [0.3, 0.4) is 0 Å². The van der Waals surface area contributed by atoms with E-state index in [4.69, 9.17) is 0 Å². The van der Waals surface area contributed by atoms with E-state index in [1.54, 1.807) is 19.1 Å². The zero-order chi connectivity index (χ0) is 18.0. The zero-order valence-corrected chi connectivity index (χ0v) is 15.3. The lowest BCUT2D eigenvalue weighted by Crippen LogP contribution is -2.44. The topological polar surface area (TPSA) is 49.4 Å². The molecule has 3 amide bonds. The van der Waals surface area contributed by atoms with E-state index in [0.717, 1.165) is 10.5 Å². The third kappa shape index (κ3) is 3.74. The number of halogens is 2. The molecule has 3 rings (SSSR count).